The van der Waals surface area contributed by atoms with Gasteiger partial charge in [0.1, 0.15) is 10.6 Å². The van der Waals surface area contributed by atoms with Crippen LogP contribution in [-0.2, 0) is 14.8 Å². The molecule has 0 N–H and O–H groups in total. The van der Waals surface area contributed by atoms with Gasteiger partial charge in [0.05, 0.1) is 18.4 Å². The maximum absolute atomic E-state index is 13.0. The molecule has 28 heavy (non-hydrogen) atoms. The fraction of sp³-hybridized carbons (Fsp3) is 0.350. The van der Waals surface area contributed by atoms with Gasteiger partial charge in [-0.25, -0.2) is 17.5 Å². The van der Waals surface area contributed by atoms with Crippen molar-refractivity contribution in [2.75, 3.05) is 39.2 Å². The van der Waals surface area contributed by atoms with Crippen LogP contribution in [0.15, 0.2) is 47.4 Å². The summed E-state index contributed by atoms with van der Waals surface area (Å²) >= 11 is 0. The maximum Gasteiger partial charge on any atom is 0.337 e. The summed E-state index contributed by atoms with van der Waals surface area (Å²) in [5.41, 5.74) is 0.745. The lowest BCUT2D eigenvalue weighted by molar-refractivity contribution is 0.0600. The quantitative estimate of drug-likeness (QED) is 0.689. The number of para-hydroxylation sites is 1. The lowest BCUT2D eigenvalue weighted by atomic mass is 10.1. The third-order valence-corrected chi connectivity index (χ3v) is 6.45. The lowest BCUT2D eigenvalue weighted by Gasteiger charge is -2.25. The number of ether oxygens (including phenoxy) is 2. The molecular weight excluding hydrogens is 380 g/mol. The predicted octanol–water partition coefficient (Wildman–Crippen LogP) is 3.12. The molecule has 3 rings (SSSR count). The van der Waals surface area contributed by atoms with E-state index in [1.807, 2.05) is 23.1 Å². The summed E-state index contributed by atoms with van der Waals surface area (Å²) in [5.74, 6) is 0.139. The van der Waals surface area contributed by atoms with Gasteiger partial charge < -0.3 is 14.4 Å². The molecule has 0 aliphatic carbocycles. The van der Waals surface area contributed by atoms with Crippen molar-refractivity contribution in [3.05, 3.63) is 48.0 Å². The topological polar surface area (TPSA) is 76.1 Å². The van der Waals surface area contributed by atoms with Crippen molar-refractivity contribution in [2.24, 2.45) is 0 Å². The van der Waals surface area contributed by atoms with Crippen LogP contribution in [0.5, 0.6) is 11.5 Å². The molecule has 1 aliphatic rings. The third kappa shape index (κ3) is 3.98. The highest BCUT2D eigenvalue weighted by Gasteiger charge is 2.30. The Kier molecular flexibility index (Phi) is 5.90. The first kappa shape index (κ1) is 20.2. The molecule has 0 amide bonds. The number of sulfonamides is 1. The number of carbonyl (C=O) groups is 1. The average Bonchev–Trinajstić information content (AvgIpc) is 3.22. The Morgan fingerprint density at radius 1 is 1.07 bits per heavy atom. The average molecular weight is 404 g/mol. The fourth-order valence-corrected chi connectivity index (χ4v) is 4.16. The first-order valence-electron chi connectivity index (χ1n) is 9.01. The molecule has 0 bridgehead atoms. The van der Waals surface area contributed by atoms with Gasteiger partial charge in [0.2, 0.25) is 10.0 Å². The minimum absolute atomic E-state index is 0.0637. The summed E-state index contributed by atoms with van der Waals surface area (Å²) in [6.45, 7) is 1.52. The van der Waals surface area contributed by atoms with Gasteiger partial charge in [0.15, 0.2) is 5.75 Å². The van der Waals surface area contributed by atoms with Crippen LogP contribution in [0.25, 0.3) is 0 Å². The number of hydrogen-bond acceptors (Lipinski definition) is 6. The second-order valence-corrected chi connectivity index (χ2v) is 8.83. The molecule has 1 saturated heterocycles. The zero-order valence-electron chi connectivity index (χ0n) is 16.2. The summed E-state index contributed by atoms with van der Waals surface area (Å²) in [6.07, 6.45) is 1.98. The van der Waals surface area contributed by atoms with E-state index in [4.69, 9.17) is 9.47 Å². The van der Waals surface area contributed by atoms with Crippen molar-refractivity contribution in [3.63, 3.8) is 0 Å². The number of anilines is 1. The van der Waals surface area contributed by atoms with Gasteiger partial charge in [-0.15, -0.1) is 0 Å². The second-order valence-electron chi connectivity index (χ2n) is 6.71. The summed E-state index contributed by atoms with van der Waals surface area (Å²) < 4.78 is 38.1. The van der Waals surface area contributed by atoms with Gasteiger partial charge >= 0.3 is 5.97 Å². The lowest BCUT2D eigenvalue weighted by Crippen LogP contribution is -2.25. The van der Waals surface area contributed by atoms with Crippen LogP contribution < -0.4 is 9.64 Å². The SMILES string of the molecule is COC(=O)c1cc(N2CCCC2)c(Oc2ccccc2)c(S(=O)(=O)N(C)C)c1. The minimum Gasteiger partial charge on any atom is -0.465 e. The Morgan fingerprint density at radius 3 is 2.29 bits per heavy atom. The van der Waals surface area contributed by atoms with Crippen molar-refractivity contribution in [1.29, 1.82) is 0 Å². The van der Waals surface area contributed by atoms with Crippen LogP contribution in [-0.4, -0.2) is 53.0 Å². The van der Waals surface area contributed by atoms with Gasteiger partial charge in [-0.1, -0.05) is 18.2 Å². The normalized spacial score (nSPS) is 14.4. The largest absolute Gasteiger partial charge is 0.465 e. The summed E-state index contributed by atoms with van der Waals surface area (Å²) in [4.78, 5) is 14.2. The molecular formula is C20H24N2O5S. The fourth-order valence-electron chi connectivity index (χ4n) is 3.11. The van der Waals surface area contributed by atoms with Crippen molar-refractivity contribution >= 4 is 21.7 Å². The molecule has 1 fully saturated rings. The molecule has 150 valence electrons. The number of methoxy groups -OCH3 is 1. The third-order valence-electron chi connectivity index (χ3n) is 4.62. The van der Waals surface area contributed by atoms with Crippen LogP contribution in [0.4, 0.5) is 5.69 Å². The van der Waals surface area contributed by atoms with Gasteiger partial charge in [-0.2, -0.15) is 0 Å². The van der Waals surface area contributed by atoms with E-state index in [2.05, 4.69) is 0 Å². The molecule has 0 aromatic heterocycles. The number of carbonyl (C=O) groups excluding carboxylic acids is 1. The minimum atomic E-state index is -3.87. The van der Waals surface area contributed by atoms with E-state index < -0.39 is 16.0 Å². The van der Waals surface area contributed by atoms with E-state index in [0.29, 0.717) is 11.4 Å². The summed E-state index contributed by atoms with van der Waals surface area (Å²) in [7, 11) is 0.293. The van der Waals surface area contributed by atoms with Gasteiger partial charge in [0.25, 0.3) is 0 Å². The zero-order chi connectivity index (χ0) is 20.3. The number of hydrogen-bond donors (Lipinski definition) is 0. The Hall–Kier alpha value is -2.58. The molecule has 0 saturated carbocycles. The van der Waals surface area contributed by atoms with E-state index in [1.165, 1.54) is 27.3 Å². The highest BCUT2D eigenvalue weighted by Crippen LogP contribution is 2.41. The molecule has 2 aromatic rings. The number of nitrogens with zero attached hydrogens (tertiary/aromatic N) is 2. The monoisotopic (exact) mass is 404 g/mol. The van der Waals surface area contributed by atoms with Crippen LogP contribution in [0, 0.1) is 0 Å². The van der Waals surface area contributed by atoms with Gasteiger partial charge in [-0.3, -0.25) is 0 Å². The molecule has 7 nitrogen and oxygen atoms in total. The van der Waals surface area contributed by atoms with Gasteiger partial charge in [0, 0.05) is 27.2 Å². The summed E-state index contributed by atoms with van der Waals surface area (Å²) in [5, 5.41) is 0. The highest BCUT2D eigenvalue weighted by molar-refractivity contribution is 7.89. The highest BCUT2D eigenvalue weighted by atomic mass is 32.2. The van der Waals surface area contributed by atoms with E-state index in [1.54, 1.807) is 18.2 Å². The second kappa shape index (κ2) is 8.20. The maximum atomic E-state index is 13.0. The Labute approximate surface area is 165 Å². The van der Waals surface area contributed by atoms with Crippen LogP contribution in [0.1, 0.15) is 23.2 Å². The number of benzene rings is 2. The van der Waals surface area contributed by atoms with E-state index in [-0.39, 0.29) is 16.2 Å². The summed E-state index contributed by atoms with van der Waals surface area (Å²) in [6, 6.07) is 12.0. The smallest absolute Gasteiger partial charge is 0.337 e. The Balaban J connectivity index is 2.26. The molecule has 1 aliphatic heterocycles. The van der Waals surface area contributed by atoms with Crippen LogP contribution in [0.3, 0.4) is 0 Å². The van der Waals surface area contributed by atoms with Crippen molar-refractivity contribution in [3.8, 4) is 11.5 Å². The van der Waals surface area contributed by atoms with Crippen molar-refractivity contribution < 1.29 is 22.7 Å². The molecule has 0 atom stereocenters. The van der Waals surface area contributed by atoms with E-state index >= 15 is 0 Å². The number of rotatable bonds is 6. The molecule has 2 aromatic carbocycles. The molecule has 1 heterocycles. The van der Waals surface area contributed by atoms with E-state index in [9.17, 15) is 13.2 Å². The standard InChI is InChI=1S/C20H24N2O5S/c1-21(2)28(24,25)18-14-15(20(23)26-3)13-17(22-11-7-8-12-22)19(18)27-16-9-5-4-6-10-16/h4-6,9-10,13-14H,7-8,11-12H2,1-3H3. The zero-order valence-corrected chi connectivity index (χ0v) is 17.0. The van der Waals surface area contributed by atoms with E-state index in [0.717, 1.165) is 30.2 Å². The molecule has 8 heteroatoms. The van der Waals surface area contributed by atoms with Crippen LogP contribution in [0.2, 0.25) is 0 Å². The molecule has 0 spiro atoms. The predicted molar refractivity (Wildman–Crippen MR) is 107 cm³/mol. The van der Waals surface area contributed by atoms with Crippen molar-refractivity contribution in [1.82, 2.24) is 4.31 Å². The van der Waals surface area contributed by atoms with Crippen molar-refractivity contribution in [2.45, 2.75) is 17.7 Å². The first-order valence-corrected chi connectivity index (χ1v) is 10.5. The van der Waals surface area contributed by atoms with Crippen LogP contribution >= 0.6 is 0 Å². The Bertz CT molecular complexity index is 952. The molecule has 0 unspecified atom stereocenters. The first-order chi connectivity index (χ1) is 13.3. The van der Waals surface area contributed by atoms with Gasteiger partial charge in [-0.05, 0) is 37.1 Å². The number of esters is 1. The molecule has 0 radical (unpaired) electrons. The Morgan fingerprint density at radius 2 is 1.71 bits per heavy atom.